The molecule has 1 N–H and O–H groups in total. The first-order valence-corrected chi connectivity index (χ1v) is 8.22. The third-order valence-corrected chi connectivity index (χ3v) is 4.03. The molecule has 0 radical (unpaired) electrons. The highest BCUT2D eigenvalue weighted by Crippen LogP contribution is 2.16. The Morgan fingerprint density at radius 3 is 2.61 bits per heavy atom. The van der Waals surface area contributed by atoms with E-state index in [1.54, 1.807) is 5.57 Å². The van der Waals surface area contributed by atoms with Crippen LogP contribution in [-0.2, 0) is 0 Å². The van der Waals surface area contributed by atoms with E-state index >= 15 is 0 Å². The highest BCUT2D eigenvalue weighted by Gasteiger charge is 2.11. The molecule has 1 fully saturated rings. The van der Waals surface area contributed by atoms with Crippen molar-refractivity contribution in [2.24, 2.45) is 0 Å². The number of unbranched alkanes of at least 4 members (excludes halogenated alkanes) is 6. The maximum atomic E-state index is 3.63. The first-order valence-electron chi connectivity index (χ1n) is 8.22. The fourth-order valence-electron chi connectivity index (χ4n) is 2.84. The minimum absolute atomic E-state index is 0.763. The van der Waals surface area contributed by atoms with Gasteiger partial charge in [-0.25, -0.2) is 0 Å². The van der Waals surface area contributed by atoms with Crippen molar-refractivity contribution < 1.29 is 0 Å². The zero-order valence-corrected chi connectivity index (χ0v) is 12.6. The van der Waals surface area contributed by atoms with Crippen LogP contribution in [-0.4, -0.2) is 12.6 Å². The Morgan fingerprint density at radius 1 is 1.11 bits per heavy atom. The summed E-state index contributed by atoms with van der Waals surface area (Å²) in [6, 6.07) is 0.763. The maximum absolute atomic E-state index is 3.63. The molecule has 106 valence electrons. The molecular weight excluding hydrogens is 218 g/mol. The quantitative estimate of drug-likeness (QED) is 0.438. The van der Waals surface area contributed by atoms with Gasteiger partial charge in [-0.15, -0.1) is 0 Å². The standard InChI is InChI=1S/C17H33N/c1-3-4-5-6-7-8-9-12-16(2)15-17-13-10-11-14-18-17/h12,17-18H,3-11,13-15H2,1-2H3/b16-12-. The monoisotopic (exact) mass is 251 g/mol. The Balaban J connectivity index is 1.99. The molecule has 0 saturated carbocycles. The van der Waals surface area contributed by atoms with Crippen molar-refractivity contribution >= 4 is 0 Å². The Hall–Kier alpha value is -0.300. The van der Waals surface area contributed by atoms with Gasteiger partial charge in [-0.05, 0) is 45.6 Å². The first kappa shape index (κ1) is 15.8. The van der Waals surface area contributed by atoms with E-state index in [4.69, 9.17) is 0 Å². The lowest BCUT2D eigenvalue weighted by molar-refractivity contribution is 0.398. The van der Waals surface area contributed by atoms with Gasteiger partial charge in [0.25, 0.3) is 0 Å². The fraction of sp³-hybridized carbons (Fsp3) is 0.882. The van der Waals surface area contributed by atoms with Crippen LogP contribution in [0, 0.1) is 0 Å². The van der Waals surface area contributed by atoms with E-state index in [-0.39, 0.29) is 0 Å². The van der Waals surface area contributed by atoms with Gasteiger partial charge < -0.3 is 5.32 Å². The number of allylic oxidation sites excluding steroid dienone is 1. The van der Waals surface area contributed by atoms with Gasteiger partial charge >= 0.3 is 0 Å². The molecule has 0 aromatic heterocycles. The largest absolute Gasteiger partial charge is 0.314 e. The van der Waals surface area contributed by atoms with Crippen LogP contribution in [0.15, 0.2) is 11.6 Å². The smallest absolute Gasteiger partial charge is 0.0104 e. The van der Waals surface area contributed by atoms with Crippen molar-refractivity contribution in [3.8, 4) is 0 Å². The van der Waals surface area contributed by atoms with Gasteiger partial charge in [0.2, 0.25) is 0 Å². The van der Waals surface area contributed by atoms with E-state index in [1.807, 2.05) is 0 Å². The molecule has 1 heteroatoms. The summed E-state index contributed by atoms with van der Waals surface area (Å²) in [6.45, 7) is 5.83. The zero-order chi connectivity index (χ0) is 13.1. The molecule has 1 atom stereocenters. The van der Waals surface area contributed by atoms with Crippen molar-refractivity contribution in [2.45, 2.75) is 90.5 Å². The molecule has 0 spiro atoms. The molecule has 1 unspecified atom stereocenters. The third kappa shape index (κ3) is 7.92. The van der Waals surface area contributed by atoms with Crippen LogP contribution in [0.25, 0.3) is 0 Å². The molecule has 1 rings (SSSR count). The predicted molar refractivity (Wildman–Crippen MR) is 82.0 cm³/mol. The molecule has 18 heavy (non-hydrogen) atoms. The van der Waals surface area contributed by atoms with Crippen LogP contribution in [0.4, 0.5) is 0 Å². The van der Waals surface area contributed by atoms with Crippen LogP contribution in [0.3, 0.4) is 0 Å². The van der Waals surface area contributed by atoms with Gasteiger partial charge in [0, 0.05) is 6.04 Å². The number of hydrogen-bond acceptors (Lipinski definition) is 1. The molecule has 0 aromatic carbocycles. The molecule has 1 saturated heterocycles. The molecule has 1 aliphatic heterocycles. The topological polar surface area (TPSA) is 12.0 Å². The van der Waals surface area contributed by atoms with E-state index in [0.29, 0.717) is 0 Å². The first-order chi connectivity index (χ1) is 8.83. The molecule has 0 aromatic rings. The van der Waals surface area contributed by atoms with Crippen molar-refractivity contribution in [1.29, 1.82) is 0 Å². The van der Waals surface area contributed by atoms with Crippen LogP contribution >= 0.6 is 0 Å². The van der Waals surface area contributed by atoms with Gasteiger partial charge in [-0.3, -0.25) is 0 Å². The summed E-state index contributed by atoms with van der Waals surface area (Å²) >= 11 is 0. The molecule has 0 amide bonds. The summed E-state index contributed by atoms with van der Waals surface area (Å²) in [7, 11) is 0. The lowest BCUT2D eigenvalue weighted by Gasteiger charge is -2.23. The van der Waals surface area contributed by atoms with Gasteiger partial charge in [0.15, 0.2) is 0 Å². The normalized spacial score (nSPS) is 21.2. The van der Waals surface area contributed by atoms with Crippen LogP contribution < -0.4 is 5.32 Å². The molecule has 1 aliphatic rings. The molecule has 0 aliphatic carbocycles. The van der Waals surface area contributed by atoms with Crippen molar-refractivity contribution in [2.75, 3.05) is 6.54 Å². The maximum Gasteiger partial charge on any atom is 0.0104 e. The number of hydrogen-bond donors (Lipinski definition) is 1. The predicted octanol–water partition coefficient (Wildman–Crippen LogP) is 5.22. The van der Waals surface area contributed by atoms with Gasteiger partial charge in [0.1, 0.15) is 0 Å². The van der Waals surface area contributed by atoms with E-state index in [1.165, 1.54) is 77.2 Å². The summed E-state index contributed by atoms with van der Waals surface area (Å²) in [4.78, 5) is 0. The SMILES string of the molecule is CCCCCCCC/C=C(/C)CC1CCCCN1. The van der Waals surface area contributed by atoms with Crippen molar-refractivity contribution in [1.82, 2.24) is 5.32 Å². The summed E-state index contributed by atoms with van der Waals surface area (Å²) < 4.78 is 0. The second-order valence-corrected chi connectivity index (χ2v) is 5.96. The third-order valence-electron chi connectivity index (χ3n) is 4.03. The van der Waals surface area contributed by atoms with Crippen LogP contribution in [0.2, 0.25) is 0 Å². The van der Waals surface area contributed by atoms with E-state index in [9.17, 15) is 0 Å². The van der Waals surface area contributed by atoms with Crippen molar-refractivity contribution in [3.05, 3.63) is 11.6 Å². The number of nitrogens with one attached hydrogen (secondary N) is 1. The Bertz CT molecular complexity index is 214. The average molecular weight is 251 g/mol. The van der Waals surface area contributed by atoms with Crippen LogP contribution in [0.5, 0.6) is 0 Å². The van der Waals surface area contributed by atoms with Gasteiger partial charge in [-0.2, -0.15) is 0 Å². The summed E-state index contributed by atoms with van der Waals surface area (Å²) in [5.41, 5.74) is 1.60. The second kappa shape index (κ2) is 10.6. The van der Waals surface area contributed by atoms with E-state index < -0.39 is 0 Å². The average Bonchev–Trinajstić information content (AvgIpc) is 2.39. The highest BCUT2D eigenvalue weighted by molar-refractivity contribution is 5.01. The Labute approximate surface area is 114 Å². The lowest BCUT2D eigenvalue weighted by atomic mass is 9.97. The minimum Gasteiger partial charge on any atom is -0.314 e. The van der Waals surface area contributed by atoms with E-state index in [2.05, 4.69) is 25.2 Å². The Morgan fingerprint density at radius 2 is 1.89 bits per heavy atom. The highest BCUT2D eigenvalue weighted by atomic mass is 14.9. The molecular formula is C17H33N. The fourth-order valence-corrected chi connectivity index (χ4v) is 2.84. The van der Waals surface area contributed by atoms with E-state index in [0.717, 1.165) is 6.04 Å². The lowest BCUT2D eigenvalue weighted by Crippen LogP contribution is -2.33. The summed E-state index contributed by atoms with van der Waals surface area (Å²) in [5.74, 6) is 0. The Kier molecular flexibility index (Phi) is 9.28. The number of rotatable bonds is 9. The summed E-state index contributed by atoms with van der Waals surface area (Å²) in [5, 5.41) is 3.63. The number of piperidine rings is 1. The van der Waals surface area contributed by atoms with Crippen molar-refractivity contribution in [3.63, 3.8) is 0 Å². The zero-order valence-electron chi connectivity index (χ0n) is 12.6. The molecule has 0 bridgehead atoms. The second-order valence-electron chi connectivity index (χ2n) is 5.96. The summed E-state index contributed by atoms with van der Waals surface area (Å²) in [6.07, 6.45) is 17.7. The van der Waals surface area contributed by atoms with Gasteiger partial charge in [0.05, 0.1) is 0 Å². The molecule has 1 nitrogen and oxygen atoms in total. The van der Waals surface area contributed by atoms with Crippen LogP contribution in [0.1, 0.15) is 84.5 Å². The van der Waals surface area contributed by atoms with Gasteiger partial charge in [-0.1, -0.05) is 57.1 Å². The minimum atomic E-state index is 0.763. The molecule has 1 heterocycles.